The maximum atomic E-state index is 11.8. The maximum absolute atomic E-state index is 11.8. The van der Waals surface area contributed by atoms with Crippen molar-refractivity contribution >= 4 is 6.09 Å². The molecule has 2 N–H and O–H groups in total. The van der Waals surface area contributed by atoms with E-state index in [0.717, 1.165) is 25.2 Å². The van der Waals surface area contributed by atoms with Crippen molar-refractivity contribution in [2.45, 2.75) is 31.8 Å². The van der Waals surface area contributed by atoms with E-state index in [-0.39, 0.29) is 18.8 Å². The molecule has 2 aliphatic heterocycles. The number of ether oxygens (including phenoxy) is 3. The van der Waals surface area contributed by atoms with Gasteiger partial charge in [-0.3, -0.25) is 4.90 Å². The monoisotopic (exact) mass is 425 g/mol. The Balaban J connectivity index is 1.09. The lowest BCUT2D eigenvalue weighted by molar-refractivity contribution is 0.0850. The van der Waals surface area contributed by atoms with Gasteiger partial charge in [-0.15, -0.1) is 0 Å². The summed E-state index contributed by atoms with van der Waals surface area (Å²) in [5, 5.41) is 11.8. The van der Waals surface area contributed by atoms with E-state index in [1.807, 2.05) is 12.1 Å². The molecule has 5 atom stereocenters. The fourth-order valence-electron chi connectivity index (χ4n) is 4.43. The number of carbonyl (C=O) groups excluding carboxylic acids is 1. The van der Waals surface area contributed by atoms with Gasteiger partial charge in [0.05, 0.1) is 6.10 Å². The number of aliphatic hydroxyl groups excluding tert-OH is 1. The van der Waals surface area contributed by atoms with Gasteiger partial charge < -0.3 is 24.6 Å². The number of nitrogens with zero attached hydrogens (tertiary/aromatic N) is 2. The summed E-state index contributed by atoms with van der Waals surface area (Å²) in [6, 6.07) is 12.1. The number of benzene rings is 1. The number of rotatable bonds is 6. The average Bonchev–Trinajstić information content (AvgIpc) is 3.21. The minimum atomic E-state index is -0.571. The van der Waals surface area contributed by atoms with Crippen LogP contribution in [0.1, 0.15) is 24.2 Å². The van der Waals surface area contributed by atoms with E-state index in [0.29, 0.717) is 30.1 Å². The van der Waals surface area contributed by atoms with Crippen molar-refractivity contribution in [3.63, 3.8) is 0 Å². The zero-order valence-corrected chi connectivity index (χ0v) is 17.4. The molecule has 31 heavy (non-hydrogen) atoms. The van der Waals surface area contributed by atoms with E-state index in [1.165, 1.54) is 5.56 Å². The van der Waals surface area contributed by atoms with Gasteiger partial charge in [0.2, 0.25) is 0 Å². The van der Waals surface area contributed by atoms with Crippen LogP contribution in [-0.4, -0.2) is 59.5 Å². The number of carbonyl (C=O) groups is 1. The average molecular weight is 425 g/mol. The van der Waals surface area contributed by atoms with Crippen LogP contribution in [-0.2, 0) is 11.3 Å². The molecule has 0 bridgehead atoms. The van der Waals surface area contributed by atoms with Crippen LogP contribution in [0.4, 0.5) is 4.79 Å². The first-order chi connectivity index (χ1) is 15.1. The highest BCUT2D eigenvalue weighted by molar-refractivity contribution is 5.67. The van der Waals surface area contributed by atoms with Crippen molar-refractivity contribution in [3.8, 4) is 11.6 Å². The summed E-state index contributed by atoms with van der Waals surface area (Å²) in [6.07, 6.45) is 0.541. The summed E-state index contributed by atoms with van der Waals surface area (Å²) >= 11 is 0. The third-order valence-corrected chi connectivity index (χ3v) is 6.11. The third-order valence-electron chi connectivity index (χ3n) is 6.11. The number of hydrogen-bond acceptors (Lipinski definition) is 7. The summed E-state index contributed by atoms with van der Waals surface area (Å²) < 4.78 is 17.2. The Morgan fingerprint density at radius 2 is 2.06 bits per heavy atom. The quantitative estimate of drug-likeness (QED) is 0.732. The highest BCUT2D eigenvalue weighted by Gasteiger charge is 2.58. The van der Waals surface area contributed by atoms with Crippen LogP contribution in [0.5, 0.6) is 11.6 Å². The lowest BCUT2D eigenvalue weighted by atomic mass is 10.1. The second-order valence-electron chi connectivity index (χ2n) is 8.59. The minimum absolute atomic E-state index is 0.00700. The van der Waals surface area contributed by atoms with Gasteiger partial charge in [0.15, 0.2) is 11.9 Å². The Labute approximate surface area is 181 Å². The van der Waals surface area contributed by atoms with Gasteiger partial charge in [0, 0.05) is 44.2 Å². The number of piperidine rings is 1. The molecule has 3 heterocycles. The predicted molar refractivity (Wildman–Crippen MR) is 112 cm³/mol. The van der Waals surface area contributed by atoms with Gasteiger partial charge in [-0.25, -0.2) is 9.78 Å². The number of nitrogens with one attached hydrogen (secondary N) is 1. The highest BCUT2D eigenvalue weighted by Crippen LogP contribution is 2.48. The highest BCUT2D eigenvalue weighted by atomic mass is 16.6. The standard InChI is InChI=1S/C23H27N3O5/c1-14(27)9-25-23(28)31-21-17-11-26(12-18(17)21)10-15-4-6-16(7-5-15)20-13-29-19-3-2-8-24-22(19)30-20/h2-8,14,17-18,20-21,27H,9-13H2,1H3,(H,25,28)/t14-,17-,18+,20+,21+/m0/s1. The molecule has 5 rings (SSSR count). The molecule has 0 spiro atoms. The van der Waals surface area contributed by atoms with E-state index in [4.69, 9.17) is 14.2 Å². The van der Waals surface area contributed by atoms with Crippen LogP contribution in [0.15, 0.2) is 42.6 Å². The van der Waals surface area contributed by atoms with Gasteiger partial charge in [-0.2, -0.15) is 0 Å². The lowest BCUT2D eigenvalue weighted by Crippen LogP contribution is -2.33. The number of pyridine rings is 1. The first-order valence-corrected chi connectivity index (χ1v) is 10.7. The molecule has 1 aliphatic carbocycles. The summed E-state index contributed by atoms with van der Waals surface area (Å²) in [4.78, 5) is 18.4. The number of hydrogen-bond donors (Lipinski definition) is 2. The van der Waals surface area contributed by atoms with E-state index >= 15 is 0 Å². The van der Waals surface area contributed by atoms with E-state index in [9.17, 15) is 9.90 Å². The predicted octanol–water partition coefficient (Wildman–Crippen LogP) is 2.13. The van der Waals surface area contributed by atoms with Gasteiger partial charge in [-0.05, 0) is 30.2 Å². The van der Waals surface area contributed by atoms with E-state index < -0.39 is 12.2 Å². The van der Waals surface area contributed by atoms with Gasteiger partial charge >= 0.3 is 6.09 Å². The molecule has 8 nitrogen and oxygen atoms in total. The molecule has 0 radical (unpaired) electrons. The Bertz CT molecular complexity index is 923. The first-order valence-electron chi connectivity index (χ1n) is 10.7. The molecule has 1 aromatic carbocycles. The molecule has 1 amide bonds. The second-order valence-corrected chi connectivity index (χ2v) is 8.59. The van der Waals surface area contributed by atoms with Gasteiger partial charge in [-0.1, -0.05) is 24.3 Å². The Kier molecular flexibility index (Phi) is 5.41. The van der Waals surface area contributed by atoms with Crippen LogP contribution in [0.2, 0.25) is 0 Å². The molecule has 3 aliphatic rings. The van der Waals surface area contributed by atoms with Crippen molar-refractivity contribution < 1.29 is 24.1 Å². The van der Waals surface area contributed by atoms with Crippen molar-refractivity contribution in [2.75, 3.05) is 26.2 Å². The number of aromatic nitrogens is 1. The normalized spacial score (nSPS) is 27.3. The molecule has 8 heteroatoms. The summed E-state index contributed by atoms with van der Waals surface area (Å²) in [5.41, 5.74) is 2.31. The fraction of sp³-hybridized carbons (Fsp3) is 0.478. The minimum Gasteiger partial charge on any atom is -0.484 e. The smallest absolute Gasteiger partial charge is 0.407 e. The van der Waals surface area contributed by atoms with Crippen molar-refractivity contribution in [1.29, 1.82) is 0 Å². The summed E-state index contributed by atoms with van der Waals surface area (Å²) in [7, 11) is 0. The van der Waals surface area contributed by atoms with Crippen LogP contribution in [0.3, 0.4) is 0 Å². The number of alkyl carbamates (subject to hydrolysis) is 1. The van der Waals surface area contributed by atoms with Gasteiger partial charge in [0.25, 0.3) is 5.88 Å². The molecule has 2 aromatic rings. The first kappa shape index (κ1) is 20.1. The van der Waals surface area contributed by atoms with Gasteiger partial charge in [0.1, 0.15) is 12.7 Å². The Hall–Kier alpha value is -2.84. The van der Waals surface area contributed by atoms with Crippen LogP contribution >= 0.6 is 0 Å². The van der Waals surface area contributed by atoms with Crippen LogP contribution in [0.25, 0.3) is 0 Å². The maximum Gasteiger partial charge on any atom is 0.407 e. The zero-order valence-electron chi connectivity index (χ0n) is 17.4. The second kappa shape index (κ2) is 8.36. The Morgan fingerprint density at radius 3 is 2.81 bits per heavy atom. The lowest BCUT2D eigenvalue weighted by Gasteiger charge is -2.26. The molecule has 1 saturated carbocycles. The third kappa shape index (κ3) is 4.45. The van der Waals surface area contributed by atoms with Crippen molar-refractivity contribution in [2.24, 2.45) is 11.8 Å². The summed E-state index contributed by atoms with van der Waals surface area (Å²) in [5.74, 6) is 2.05. The number of fused-ring (bicyclic) bond motifs is 2. The molecule has 2 fully saturated rings. The Morgan fingerprint density at radius 1 is 1.29 bits per heavy atom. The largest absolute Gasteiger partial charge is 0.484 e. The number of amides is 1. The summed E-state index contributed by atoms with van der Waals surface area (Å²) in [6.45, 7) is 5.05. The molecule has 164 valence electrons. The molecular formula is C23H27N3O5. The zero-order chi connectivity index (χ0) is 21.4. The molecular weight excluding hydrogens is 398 g/mol. The number of aliphatic hydroxyl groups is 1. The fourth-order valence-corrected chi connectivity index (χ4v) is 4.43. The topological polar surface area (TPSA) is 93.2 Å². The SMILES string of the molecule is C[C@H](O)CNC(=O)O[C@H]1[C@@H]2CN(Cc3ccc([C@H]4COc5cccnc5O4)cc3)C[C@@H]21. The molecule has 1 saturated heterocycles. The molecule has 1 aromatic heterocycles. The molecule has 0 unspecified atom stereocenters. The van der Waals surface area contributed by atoms with E-state index in [2.05, 4.69) is 39.5 Å². The van der Waals surface area contributed by atoms with Crippen molar-refractivity contribution in [3.05, 3.63) is 53.7 Å². The van der Waals surface area contributed by atoms with E-state index in [1.54, 1.807) is 13.1 Å². The number of likely N-dealkylation sites (tertiary alicyclic amines) is 1. The van der Waals surface area contributed by atoms with Crippen LogP contribution in [0, 0.1) is 11.8 Å². The van der Waals surface area contributed by atoms with Crippen molar-refractivity contribution in [1.82, 2.24) is 15.2 Å². The van der Waals surface area contributed by atoms with Crippen LogP contribution < -0.4 is 14.8 Å².